The van der Waals surface area contributed by atoms with Crippen molar-refractivity contribution in [2.24, 2.45) is 0 Å². The molecule has 0 radical (unpaired) electrons. The maximum Gasteiger partial charge on any atom is 0.329 e. The zero-order valence-corrected chi connectivity index (χ0v) is 10.7. The second kappa shape index (κ2) is 4.33. The fourth-order valence-corrected chi connectivity index (χ4v) is 1.97. The summed E-state index contributed by atoms with van der Waals surface area (Å²) in [6, 6.07) is 6.48. The van der Waals surface area contributed by atoms with Crippen molar-refractivity contribution < 1.29 is 14.3 Å². The molecule has 0 spiro atoms. The van der Waals surface area contributed by atoms with Gasteiger partial charge in [0.1, 0.15) is 5.75 Å². The van der Waals surface area contributed by atoms with Crippen molar-refractivity contribution in [1.29, 1.82) is 0 Å². The first-order valence-corrected chi connectivity index (χ1v) is 5.72. The van der Waals surface area contributed by atoms with Crippen molar-refractivity contribution in [3.8, 4) is 5.75 Å². The Kier molecular flexibility index (Phi) is 2.98. The first kappa shape index (κ1) is 12.4. The van der Waals surface area contributed by atoms with E-state index in [1.54, 1.807) is 31.4 Å². The Morgan fingerprint density at radius 1 is 1.33 bits per heavy atom. The summed E-state index contributed by atoms with van der Waals surface area (Å²) in [7, 11) is 1.54. The minimum absolute atomic E-state index is 0.211. The van der Waals surface area contributed by atoms with Crippen LogP contribution in [0.5, 0.6) is 5.75 Å². The quantitative estimate of drug-likeness (QED) is 0.869. The van der Waals surface area contributed by atoms with Gasteiger partial charge in [0.2, 0.25) is 5.91 Å². The summed E-state index contributed by atoms with van der Waals surface area (Å²) in [5, 5.41) is 2.80. The zero-order chi connectivity index (χ0) is 13.3. The molecule has 1 saturated heterocycles. The zero-order valence-electron chi connectivity index (χ0n) is 10.7. The number of hydrogen-bond acceptors (Lipinski definition) is 3. The Labute approximate surface area is 106 Å². The van der Waals surface area contributed by atoms with Gasteiger partial charge >= 0.3 is 6.03 Å². The third-order valence-corrected chi connectivity index (χ3v) is 2.80. The van der Waals surface area contributed by atoms with Crippen LogP contribution in [0.25, 0.3) is 0 Å². The van der Waals surface area contributed by atoms with Gasteiger partial charge in [0.05, 0.1) is 19.2 Å². The first-order chi connectivity index (χ1) is 8.43. The van der Waals surface area contributed by atoms with Crippen LogP contribution >= 0.6 is 0 Å². The number of rotatable bonds is 2. The molecule has 0 bridgehead atoms. The van der Waals surface area contributed by atoms with Gasteiger partial charge in [-0.15, -0.1) is 0 Å². The van der Waals surface area contributed by atoms with E-state index in [4.69, 9.17) is 4.74 Å². The number of ether oxygens (including phenoxy) is 1. The average molecular weight is 248 g/mol. The van der Waals surface area contributed by atoms with Crippen LogP contribution in [0.15, 0.2) is 24.3 Å². The van der Waals surface area contributed by atoms with Crippen molar-refractivity contribution in [3.63, 3.8) is 0 Å². The van der Waals surface area contributed by atoms with E-state index in [2.05, 4.69) is 5.32 Å². The number of hydrogen-bond donors (Lipinski definition) is 1. The molecular formula is C13H16N2O3. The minimum atomic E-state index is -0.496. The predicted molar refractivity (Wildman–Crippen MR) is 67.7 cm³/mol. The van der Waals surface area contributed by atoms with E-state index in [1.807, 2.05) is 13.8 Å². The number of anilines is 1. The van der Waals surface area contributed by atoms with Crippen LogP contribution in [0.4, 0.5) is 10.5 Å². The number of urea groups is 1. The van der Waals surface area contributed by atoms with Crippen molar-refractivity contribution in [1.82, 2.24) is 5.32 Å². The second-order valence-corrected chi connectivity index (χ2v) is 4.92. The first-order valence-electron chi connectivity index (χ1n) is 5.72. The largest absolute Gasteiger partial charge is 0.497 e. The topological polar surface area (TPSA) is 58.6 Å². The lowest BCUT2D eigenvalue weighted by Crippen LogP contribution is -2.59. The smallest absolute Gasteiger partial charge is 0.329 e. The molecule has 18 heavy (non-hydrogen) atoms. The third-order valence-electron chi connectivity index (χ3n) is 2.80. The van der Waals surface area contributed by atoms with E-state index in [0.29, 0.717) is 11.4 Å². The molecule has 1 heterocycles. The predicted octanol–water partition coefficient (Wildman–Crippen LogP) is 1.92. The minimum Gasteiger partial charge on any atom is -0.497 e. The summed E-state index contributed by atoms with van der Waals surface area (Å²) in [6.07, 6.45) is 0.274. The van der Waals surface area contributed by atoms with Crippen molar-refractivity contribution in [2.75, 3.05) is 12.0 Å². The number of imide groups is 1. The highest BCUT2D eigenvalue weighted by molar-refractivity contribution is 6.16. The molecule has 1 N–H and O–H groups in total. The Hall–Kier alpha value is -2.04. The van der Waals surface area contributed by atoms with E-state index in [-0.39, 0.29) is 12.3 Å². The van der Waals surface area contributed by atoms with E-state index >= 15 is 0 Å². The van der Waals surface area contributed by atoms with E-state index in [0.717, 1.165) is 4.90 Å². The van der Waals surface area contributed by atoms with Crippen LogP contribution < -0.4 is 15.0 Å². The molecule has 1 aliphatic heterocycles. The molecule has 0 saturated carbocycles. The van der Waals surface area contributed by atoms with Crippen LogP contribution in [0, 0.1) is 0 Å². The molecule has 2 rings (SSSR count). The highest BCUT2D eigenvalue weighted by Crippen LogP contribution is 2.26. The molecule has 0 aromatic heterocycles. The molecule has 1 fully saturated rings. The van der Waals surface area contributed by atoms with Crippen molar-refractivity contribution in [3.05, 3.63) is 24.3 Å². The van der Waals surface area contributed by atoms with Gasteiger partial charge in [-0.2, -0.15) is 0 Å². The highest BCUT2D eigenvalue weighted by atomic mass is 16.5. The maximum absolute atomic E-state index is 12.0. The Morgan fingerprint density at radius 2 is 2.06 bits per heavy atom. The standard InChI is InChI=1S/C13H16N2O3/c1-13(2)8-11(16)15(12(17)14-13)9-5-4-6-10(7-9)18-3/h4-7H,8H2,1-3H3,(H,14,17). The lowest BCUT2D eigenvalue weighted by atomic mass is 9.97. The van der Waals surface area contributed by atoms with Gasteiger partial charge in [-0.3, -0.25) is 4.79 Å². The average Bonchev–Trinajstić information content (AvgIpc) is 2.26. The molecule has 96 valence electrons. The van der Waals surface area contributed by atoms with Crippen LogP contribution in [-0.2, 0) is 4.79 Å². The fourth-order valence-electron chi connectivity index (χ4n) is 1.97. The summed E-state index contributed by atoms with van der Waals surface area (Å²) < 4.78 is 5.09. The lowest BCUT2D eigenvalue weighted by molar-refractivity contribution is -0.119. The SMILES string of the molecule is COc1cccc(N2C(=O)CC(C)(C)NC2=O)c1. The molecule has 3 amide bonds. The van der Waals surface area contributed by atoms with Gasteiger partial charge in [-0.1, -0.05) is 6.07 Å². The number of benzene rings is 1. The van der Waals surface area contributed by atoms with Gasteiger partial charge in [-0.05, 0) is 26.0 Å². The summed E-state index contributed by atoms with van der Waals surface area (Å²) in [4.78, 5) is 25.2. The molecule has 0 atom stereocenters. The molecule has 1 aromatic rings. The second-order valence-electron chi connectivity index (χ2n) is 4.92. The van der Waals surface area contributed by atoms with E-state index in [1.165, 1.54) is 0 Å². The van der Waals surface area contributed by atoms with E-state index < -0.39 is 11.6 Å². The van der Waals surface area contributed by atoms with Gasteiger partial charge in [0.25, 0.3) is 0 Å². The third kappa shape index (κ3) is 2.30. The van der Waals surface area contributed by atoms with Gasteiger partial charge in [-0.25, -0.2) is 9.69 Å². The number of methoxy groups -OCH3 is 1. The highest BCUT2D eigenvalue weighted by Gasteiger charge is 2.37. The van der Waals surface area contributed by atoms with Crippen LogP contribution in [-0.4, -0.2) is 24.6 Å². The molecule has 0 unspecified atom stereocenters. The summed E-state index contributed by atoms with van der Waals surface area (Å²) in [5.74, 6) is 0.398. The summed E-state index contributed by atoms with van der Waals surface area (Å²) in [6.45, 7) is 3.65. The van der Waals surface area contributed by atoms with Gasteiger partial charge < -0.3 is 10.1 Å². The van der Waals surface area contributed by atoms with Crippen LogP contribution in [0.3, 0.4) is 0 Å². The lowest BCUT2D eigenvalue weighted by Gasteiger charge is -2.36. The molecule has 0 aliphatic carbocycles. The molecule has 1 aliphatic rings. The molecule has 5 nitrogen and oxygen atoms in total. The number of nitrogens with one attached hydrogen (secondary N) is 1. The van der Waals surface area contributed by atoms with Gasteiger partial charge in [0, 0.05) is 11.6 Å². The maximum atomic E-state index is 12.0. The number of nitrogens with zero attached hydrogens (tertiary/aromatic N) is 1. The number of carbonyl (C=O) groups is 2. The monoisotopic (exact) mass is 248 g/mol. The van der Waals surface area contributed by atoms with Crippen molar-refractivity contribution >= 4 is 17.6 Å². The van der Waals surface area contributed by atoms with Crippen LogP contribution in [0.1, 0.15) is 20.3 Å². The normalized spacial score (nSPS) is 18.5. The Morgan fingerprint density at radius 3 is 2.67 bits per heavy atom. The number of carbonyl (C=O) groups excluding carboxylic acids is 2. The Balaban J connectivity index is 2.32. The molecule has 5 heteroatoms. The summed E-state index contributed by atoms with van der Waals surface area (Å²) >= 11 is 0. The molecule has 1 aromatic carbocycles. The fraction of sp³-hybridized carbons (Fsp3) is 0.385. The summed E-state index contributed by atoms with van der Waals surface area (Å²) in [5.41, 5.74) is 0.0242. The molecular weight excluding hydrogens is 232 g/mol. The Bertz CT molecular complexity index is 477. The van der Waals surface area contributed by atoms with E-state index in [9.17, 15) is 9.59 Å². The number of amides is 3. The van der Waals surface area contributed by atoms with Crippen molar-refractivity contribution in [2.45, 2.75) is 25.8 Å². The van der Waals surface area contributed by atoms with Crippen LogP contribution in [0.2, 0.25) is 0 Å². The van der Waals surface area contributed by atoms with Gasteiger partial charge in [0.15, 0.2) is 0 Å².